The zero-order valence-electron chi connectivity index (χ0n) is 14.1. The predicted molar refractivity (Wildman–Crippen MR) is 96.8 cm³/mol. The van der Waals surface area contributed by atoms with Crippen molar-refractivity contribution in [2.24, 2.45) is 0 Å². The molecule has 0 atom stereocenters. The quantitative estimate of drug-likeness (QED) is 0.555. The summed E-state index contributed by atoms with van der Waals surface area (Å²) in [6, 6.07) is 12.1. The number of hydrogen-bond acceptors (Lipinski definition) is 8. The Kier molecular flexibility index (Phi) is 3.43. The van der Waals surface area contributed by atoms with Gasteiger partial charge in [-0.3, -0.25) is 0 Å². The Morgan fingerprint density at radius 2 is 2.15 bits per heavy atom. The summed E-state index contributed by atoms with van der Waals surface area (Å²) in [5.41, 5.74) is 2.60. The molecule has 0 spiro atoms. The van der Waals surface area contributed by atoms with Crippen molar-refractivity contribution in [3.8, 4) is 11.8 Å². The minimum atomic E-state index is 0.430. The Morgan fingerprint density at radius 3 is 2.93 bits per heavy atom. The molecule has 2 N–H and O–H groups in total. The van der Waals surface area contributed by atoms with Crippen molar-refractivity contribution < 1.29 is 0 Å². The first-order valence-electron chi connectivity index (χ1n) is 8.46. The van der Waals surface area contributed by atoms with Gasteiger partial charge >= 0.3 is 0 Å². The molecule has 1 fully saturated rings. The molecule has 1 saturated carbocycles. The van der Waals surface area contributed by atoms with E-state index in [0.717, 1.165) is 30.0 Å². The third-order valence-electron chi connectivity index (χ3n) is 4.25. The number of benzene rings is 1. The summed E-state index contributed by atoms with van der Waals surface area (Å²) in [6.45, 7) is 0. The van der Waals surface area contributed by atoms with Crippen molar-refractivity contribution in [3.63, 3.8) is 0 Å². The number of rotatable bonds is 5. The first-order valence-corrected chi connectivity index (χ1v) is 8.46. The van der Waals surface area contributed by atoms with E-state index in [1.54, 1.807) is 9.20 Å². The van der Waals surface area contributed by atoms with Gasteiger partial charge in [-0.2, -0.15) is 14.9 Å². The van der Waals surface area contributed by atoms with Crippen molar-refractivity contribution in [2.45, 2.75) is 18.9 Å². The van der Waals surface area contributed by atoms with Gasteiger partial charge in [-0.15, -0.1) is 5.10 Å². The topological polar surface area (TPSA) is 122 Å². The highest BCUT2D eigenvalue weighted by Gasteiger charge is 2.23. The summed E-state index contributed by atoms with van der Waals surface area (Å²) in [5, 5.41) is 31.5. The van der Waals surface area contributed by atoms with Gasteiger partial charge in [-0.25, -0.2) is 9.67 Å². The number of tetrazole rings is 1. The van der Waals surface area contributed by atoms with Crippen molar-refractivity contribution in [1.29, 1.82) is 5.26 Å². The fourth-order valence-corrected chi connectivity index (χ4v) is 2.80. The minimum absolute atomic E-state index is 0.430. The highest BCUT2D eigenvalue weighted by molar-refractivity contribution is 5.68. The summed E-state index contributed by atoms with van der Waals surface area (Å²) >= 11 is 0. The molecule has 1 aliphatic rings. The highest BCUT2D eigenvalue weighted by Crippen LogP contribution is 2.28. The molecule has 5 rings (SSSR count). The normalized spacial score (nSPS) is 13.4. The molecule has 1 aromatic carbocycles. The smallest absolute Gasteiger partial charge is 0.177 e. The van der Waals surface area contributed by atoms with E-state index in [9.17, 15) is 5.26 Å². The van der Waals surface area contributed by atoms with E-state index in [1.807, 2.05) is 30.3 Å². The summed E-state index contributed by atoms with van der Waals surface area (Å²) in [5.74, 6) is 1.43. The van der Waals surface area contributed by atoms with Crippen molar-refractivity contribution in [1.82, 2.24) is 34.8 Å². The van der Waals surface area contributed by atoms with Gasteiger partial charge in [0, 0.05) is 17.8 Å². The number of nitrogens with one attached hydrogen (secondary N) is 2. The monoisotopic (exact) mass is 358 g/mol. The SMILES string of the molecule is N#Cc1cnn2c(NC3CC3)cc(Nc3cccc(-n4cnnn4)c3)nc12. The van der Waals surface area contributed by atoms with Gasteiger partial charge in [0.1, 0.15) is 29.6 Å². The number of nitrogens with zero attached hydrogens (tertiary/aromatic N) is 8. The number of fused-ring (bicyclic) bond motifs is 1. The maximum Gasteiger partial charge on any atom is 0.177 e. The van der Waals surface area contributed by atoms with Crippen LogP contribution in [0.3, 0.4) is 0 Å². The van der Waals surface area contributed by atoms with Crippen LogP contribution < -0.4 is 10.6 Å². The van der Waals surface area contributed by atoms with Gasteiger partial charge < -0.3 is 10.6 Å². The van der Waals surface area contributed by atoms with Crippen LogP contribution in [0.1, 0.15) is 18.4 Å². The molecule has 10 heteroatoms. The Morgan fingerprint density at radius 1 is 1.22 bits per heavy atom. The fraction of sp³-hybridized carbons (Fsp3) is 0.176. The van der Waals surface area contributed by atoms with E-state index in [0.29, 0.717) is 23.1 Å². The maximum absolute atomic E-state index is 9.33. The summed E-state index contributed by atoms with van der Waals surface area (Å²) in [6.07, 6.45) is 5.33. The lowest BCUT2D eigenvalue weighted by atomic mass is 10.2. The third kappa shape index (κ3) is 2.91. The molecule has 4 aromatic rings. The van der Waals surface area contributed by atoms with E-state index in [-0.39, 0.29) is 0 Å². The Balaban J connectivity index is 1.53. The molecule has 0 aliphatic heterocycles. The summed E-state index contributed by atoms with van der Waals surface area (Å²) < 4.78 is 3.24. The van der Waals surface area contributed by atoms with E-state index in [2.05, 4.69) is 42.3 Å². The summed E-state index contributed by atoms with van der Waals surface area (Å²) in [7, 11) is 0. The second kappa shape index (κ2) is 6.06. The molecule has 0 unspecified atom stereocenters. The minimum Gasteiger partial charge on any atom is -0.367 e. The van der Waals surface area contributed by atoms with Crippen LogP contribution in [0.25, 0.3) is 11.3 Å². The lowest BCUT2D eigenvalue weighted by molar-refractivity contribution is 0.789. The number of hydrogen-bond donors (Lipinski definition) is 2. The predicted octanol–water partition coefficient (Wildman–Crippen LogP) is 1.89. The molecule has 27 heavy (non-hydrogen) atoms. The van der Waals surface area contributed by atoms with Crippen LogP contribution in [-0.2, 0) is 0 Å². The van der Waals surface area contributed by atoms with Gasteiger partial charge in [0.05, 0.1) is 11.9 Å². The van der Waals surface area contributed by atoms with Gasteiger partial charge in [-0.1, -0.05) is 6.07 Å². The van der Waals surface area contributed by atoms with Gasteiger partial charge in [0.2, 0.25) is 0 Å². The van der Waals surface area contributed by atoms with E-state index >= 15 is 0 Å². The Hall–Kier alpha value is -4.00. The van der Waals surface area contributed by atoms with Crippen LogP contribution in [0.15, 0.2) is 42.9 Å². The van der Waals surface area contributed by atoms with Gasteiger partial charge in [0.15, 0.2) is 5.65 Å². The van der Waals surface area contributed by atoms with Crippen LogP contribution in [0.2, 0.25) is 0 Å². The number of aromatic nitrogens is 7. The molecule has 0 saturated heterocycles. The lowest BCUT2D eigenvalue weighted by Gasteiger charge is -2.12. The second-order valence-electron chi connectivity index (χ2n) is 6.28. The average molecular weight is 358 g/mol. The summed E-state index contributed by atoms with van der Waals surface area (Å²) in [4.78, 5) is 4.56. The van der Waals surface area contributed by atoms with Crippen LogP contribution in [-0.4, -0.2) is 40.8 Å². The standard InChI is InChI=1S/C17H14N10/c18-8-11-9-20-27-16(22-12-4-5-12)7-15(23-17(11)27)21-13-2-1-3-14(6-13)26-10-19-24-25-26/h1-3,6-7,9-10,12,22H,4-5H2,(H,21,23). The molecular formula is C17H14N10. The number of nitriles is 1. The van der Waals surface area contributed by atoms with Crippen molar-refractivity contribution >= 4 is 23.0 Å². The maximum atomic E-state index is 9.33. The number of anilines is 3. The Bertz CT molecular complexity index is 1150. The first-order chi connectivity index (χ1) is 13.3. The first kappa shape index (κ1) is 15.3. The molecule has 0 radical (unpaired) electrons. The molecule has 0 bridgehead atoms. The van der Waals surface area contributed by atoms with E-state index in [1.165, 1.54) is 12.5 Å². The van der Waals surface area contributed by atoms with Crippen LogP contribution in [0.4, 0.5) is 17.3 Å². The fourth-order valence-electron chi connectivity index (χ4n) is 2.80. The molecule has 3 heterocycles. The lowest BCUT2D eigenvalue weighted by Crippen LogP contribution is -2.09. The molecule has 3 aromatic heterocycles. The van der Waals surface area contributed by atoms with E-state index in [4.69, 9.17) is 0 Å². The largest absolute Gasteiger partial charge is 0.367 e. The molecule has 132 valence electrons. The molecule has 0 amide bonds. The highest BCUT2D eigenvalue weighted by atomic mass is 15.5. The van der Waals surface area contributed by atoms with Crippen molar-refractivity contribution in [2.75, 3.05) is 10.6 Å². The van der Waals surface area contributed by atoms with Crippen LogP contribution >= 0.6 is 0 Å². The molecule has 10 nitrogen and oxygen atoms in total. The Labute approximate surface area is 153 Å². The molecular weight excluding hydrogens is 344 g/mol. The van der Waals surface area contributed by atoms with E-state index < -0.39 is 0 Å². The van der Waals surface area contributed by atoms with Crippen LogP contribution in [0, 0.1) is 11.3 Å². The zero-order chi connectivity index (χ0) is 18.2. The molecule has 1 aliphatic carbocycles. The average Bonchev–Trinajstić information content (AvgIpc) is 3.18. The second-order valence-corrected chi connectivity index (χ2v) is 6.28. The van der Waals surface area contributed by atoms with Gasteiger partial charge in [0.25, 0.3) is 0 Å². The zero-order valence-corrected chi connectivity index (χ0v) is 14.1. The van der Waals surface area contributed by atoms with Crippen LogP contribution in [0.5, 0.6) is 0 Å². The third-order valence-corrected chi connectivity index (χ3v) is 4.25. The van der Waals surface area contributed by atoms with Crippen molar-refractivity contribution in [3.05, 3.63) is 48.4 Å². The van der Waals surface area contributed by atoms with Gasteiger partial charge in [-0.05, 0) is 41.5 Å².